The standard InChI is InChI=1S/C16H19FN2O2/c17-13-7-6-12(3-2-8-18)15(11-13)16(21)19(9-10-20)14-4-1-5-14/h6-7,11,14,20H,1,4-5,8-10,18H2. The third kappa shape index (κ3) is 3.60. The Bertz CT molecular complexity index is 573. The molecular weight excluding hydrogens is 271 g/mol. The average molecular weight is 290 g/mol. The molecule has 0 spiro atoms. The molecule has 0 bridgehead atoms. The average Bonchev–Trinajstić information content (AvgIpc) is 2.43. The molecule has 1 amide bonds. The fourth-order valence-corrected chi connectivity index (χ4v) is 2.36. The van der Waals surface area contributed by atoms with Crippen LogP contribution in [0.2, 0.25) is 0 Å². The number of carbonyl (C=O) groups excluding carboxylic acids is 1. The smallest absolute Gasteiger partial charge is 0.255 e. The lowest BCUT2D eigenvalue weighted by molar-refractivity contribution is 0.0525. The number of halogens is 1. The van der Waals surface area contributed by atoms with Gasteiger partial charge in [0.1, 0.15) is 5.82 Å². The molecule has 1 aromatic rings. The van der Waals surface area contributed by atoms with Gasteiger partial charge in [0.15, 0.2) is 0 Å². The van der Waals surface area contributed by atoms with Crippen LogP contribution in [0.3, 0.4) is 0 Å². The predicted octanol–water partition coefficient (Wildman–Crippen LogP) is 1.12. The number of rotatable bonds is 4. The Morgan fingerprint density at radius 1 is 1.48 bits per heavy atom. The monoisotopic (exact) mass is 290 g/mol. The fraction of sp³-hybridized carbons (Fsp3) is 0.438. The molecule has 21 heavy (non-hydrogen) atoms. The lowest BCUT2D eigenvalue weighted by Crippen LogP contribution is -2.45. The summed E-state index contributed by atoms with van der Waals surface area (Å²) in [7, 11) is 0. The molecule has 5 heteroatoms. The molecule has 0 radical (unpaired) electrons. The summed E-state index contributed by atoms with van der Waals surface area (Å²) < 4.78 is 13.5. The first-order valence-electron chi connectivity index (χ1n) is 7.07. The zero-order chi connectivity index (χ0) is 15.2. The summed E-state index contributed by atoms with van der Waals surface area (Å²) in [4.78, 5) is 14.3. The predicted molar refractivity (Wildman–Crippen MR) is 78.1 cm³/mol. The van der Waals surface area contributed by atoms with Crippen LogP contribution >= 0.6 is 0 Å². The molecular formula is C16H19FN2O2. The van der Waals surface area contributed by atoms with E-state index in [-0.39, 0.29) is 37.2 Å². The van der Waals surface area contributed by atoms with Gasteiger partial charge in [0.2, 0.25) is 0 Å². The van der Waals surface area contributed by atoms with E-state index in [2.05, 4.69) is 11.8 Å². The van der Waals surface area contributed by atoms with Crippen molar-refractivity contribution < 1.29 is 14.3 Å². The fourth-order valence-electron chi connectivity index (χ4n) is 2.36. The summed E-state index contributed by atoms with van der Waals surface area (Å²) in [5, 5.41) is 9.15. The van der Waals surface area contributed by atoms with E-state index < -0.39 is 5.82 Å². The van der Waals surface area contributed by atoms with Crippen molar-refractivity contribution in [3.63, 3.8) is 0 Å². The topological polar surface area (TPSA) is 66.6 Å². The minimum absolute atomic E-state index is 0.110. The number of benzene rings is 1. The van der Waals surface area contributed by atoms with Gasteiger partial charge in [-0.3, -0.25) is 4.79 Å². The first kappa shape index (κ1) is 15.5. The number of hydrogen-bond donors (Lipinski definition) is 2. The van der Waals surface area contributed by atoms with Crippen molar-refractivity contribution in [3.05, 3.63) is 35.1 Å². The molecule has 0 aromatic heterocycles. The van der Waals surface area contributed by atoms with Gasteiger partial charge in [-0.15, -0.1) is 0 Å². The Balaban J connectivity index is 2.33. The first-order valence-corrected chi connectivity index (χ1v) is 7.07. The second kappa shape index (κ2) is 7.21. The Hall–Kier alpha value is -1.90. The highest BCUT2D eigenvalue weighted by molar-refractivity contribution is 5.97. The second-order valence-electron chi connectivity index (χ2n) is 5.00. The van der Waals surface area contributed by atoms with Gasteiger partial charge < -0.3 is 15.7 Å². The van der Waals surface area contributed by atoms with Crippen LogP contribution in [-0.4, -0.2) is 41.7 Å². The summed E-state index contributed by atoms with van der Waals surface area (Å²) in [6, 6.07) is 4.09. The number of aliphatic hydroxyl groups excluding tert-OH is 1. The largest absolute Gasteiger partial charge is 0.395 e. The van der Waals surface area contributed by atoms with Crippen LogP contribution in [0.15, 0.2) is 18.2 Å². The molecule has 1 aliphatic carbocycles. The Morgan fingerprint density at radius 3 is 2.81 bits per heavy atom. The van der Waals surface area contributed by atoms with Crippen LogP contribution in [0.1, 0.15) is 35.2 Å². The molecule has 1 aromatic carbocycles. The van der Waals surface area contributed by atoms with E-state index >= 15 is 0 Å². The highest BCUT2D eigenvalue weighted by atomic mass is 19.1. The molecule has 3 N–H and O–H groups in total. The van der Waals surface area contributed by atoms with E-state index in [9.17, 15) is 9.18 Å². The van der Waals surface area contributed by atoms with Crippen molar-refractivity contribution in [2.75, 3.05) is 19.7 Å². The molecule has 112 valence electrons. The summed E-state index contributed by atoms with van der Waals surface area (Å²) in [6.45, 7) is 0.319. The number of hydrogen-bond acceptors (Lipinski definition) is 3. The van der Waals surface area contributed by atoms with E-state index in [0.717, 1.165) is 19.3 Å². The van der Waals surface area contributed by atoms with E-state index in [4.69, 9.17) is 10.8 Å². The normalized spacial score (nSPS) is 14.0. The zero-order valence-electron chi connectivity index (χ0n) is 11.8. The molecule has 4 nitrogen and oxygen atoms in total. The molecule has 1 aliphatic rings. The van der Waals surface area contributed by atoms with E-state index in [1.807, 2.05) is 0 Å². The maximum absolute atomic E-state index is 13.5. The van der Waals surface area contributed by atoms with Crippen molar-refractivity contribution in [1.29, 1.82) is 0 Å². The second-order valence-corrected chi connectivity index (χ2v) is 5.00. The van der Waals surface area contributed by atoms with Crippen LogP contribution in [0.25, 0.3) is 0 Å². The summed E-state index contributed by atoms with van der Waals surface area (Å²) in [5.74, 6) is 4.72. The van der Waals surface area contributed by atoms with Gasteiger partial charge in [-0.2, -0.15) is 0 Å². The third-order valence-corrected chi connectivity index (χ3v) is 3.65. The van der Waals surface area contributed by atoms with Gasteiger partial charge in [-0.25, -0.2) is 4.39 Å². The minimum atomic E-state index is -0.478. The summed E-state index contributed by atoms with van der Waals surface area (Å²) in [6.07, 6.45) is 2.92. The Morgan fingerprint density at radius 2 is 2.24 bits per heavy atom. The van der Waals surface area contributed by atoms with Crippen LogP contribution in [0.5, 0.6) is 0 Å². The maximum Gasteiger partial charge on any atom is 0.255 e. The molecule has 1 saturated carbocycles. The van der Waals surface area contributed by atoms with Gasteiger partial charge in [-0.1, -0.05) is 11.8 Å². The van der Waals surface area contributed by atoms with Gasteiger partial charge in [-0.05, 0) is 37.5 Å². The van der Waals surface area contributed by atoms with Crippen molar-refractivity contribution in [3.8, 4) is 11.8 Å². The molecule has 2 rings (SSSR count). The molecule has 0 unspecified atom stereocenters. The molecule has 1 fully saturated rings. The lowest BCUT2D eigenvalue weighted by atomic mass is 9.90. The van der Waals surface area contributed by atoms with Gasteiger partial charge in [0.25, 0.3) is 5.91 Å². The van der Waals surface area contributed by atoms with Crippen LogP contribution in [0.4, 0.5) is 4.39 Å². The minimum Gasteiger partial charge on any atom is -0.395 e. The van der Waals surface area contributed by atoms with Crippen LogP contribution < -0.4 is 5.73 Å². The summed E-state index contributed by atoms with van der Waals surface area (Å²) in [5.41, 5.74) is 6.04. The Labute approximate surface area is 123 Å². The number of aliphatic hydroxyl groups is 1. The van der Waals surface area contributed by atoms with Crippen LogP contribution in [0, 0.1) is 17.7 Å². The molecule has 0 saturated heterocycles. The van der Waals surface area contributed by atoms with Crippen molar-refractivity contribution in [1.82, 2.24) is 4.90 Å². The number of nitrogens with zero attached hydrogens (tertiary/aromatic N) is 1. The van der Waals surface area contributed by atoms with Gasteiger partial charge in [0.05, 0.1) is 18.7 Å². The number of carbonyl (C=O) groups is 1. The van der Waals surface area contributed by atoms with Crippen LogP contribution in [-0.2, 0) is 0 Å². The highest BCUT2D eigenvalue weighted by Crippen LogP contribution is 2.26. The van der Waals surface area contributed by atoms with Gasteiger partial charge >= 0.3 is 0 Å². The van der Waals surface area contributed by atoms with E-state index in [1.54, 1.807) is 4.90 Å². The summed E-state index contributed by atoms with van der Waals surface area (Å²) >= 11 is 0. The van der Waals surface area contributed by atoms with Crippen molar-refractivity contribution in [2.45, 2.75) is 25.3 Å². The van der Waals surface area contributed by atoms with Crippen molar-refractivity contribution >= 4 is 5.91 Å². The quantitative estimate of drug-likeness (QED) is 0.817. The molecule has 0 atom stereocenters. The first-order chi connectivity index (χ1) is 10.2. The van der Waals surface area contributed by atoms with E-state index in [1.165, 1.54) is 18.2 Å². The highest BCUT2D eigenvalue weighted by Gasteiger charge is 2.30. The Kier molecular flexibility index (Phi) is 5.32. The lowest BCUT2D eigenvalue weighted by Gasteiger charge is -2.37. The van der Waals surface area contributed by atoms with E-state index in [0.29, 0.717) is 5.56 Å². The SMILES string of the molecule is NCC#Cc1ccc(F)cc1C(=O)N(CCO)C1CCC1. The molecule has 0 heterocycles. The number of amides is 1. The maximum atomic E-state index is 13.5. The number of nitrogens with two attached hydrogens (primary N) is 1. The zero-order valence-corrected chi connectivity index (χ0v) is 11.8. The third-order valence-electron chi connectivity index (χ3n) is 3.65. The van der Waals surface area contributed by atoms with Crippen molar-refractivity contribution in [2.24, 2.45) is 5.73 Å². The molecule has 0 aliphatic heterocycles. The van der Waals surface area contributed by atoms with Gasteiger partial charge in [0, 0.05) is 18.2 Å².